The largest absolute Gasteiger partial charge is 0.298 e. The van der Waals surface area contributed by atoms with Crippen LogP contribution in [-0.2, 0) is 13.6 Å². The molecule has 1 saturated carbocycles. The molecule has 4 heterocycles. The van der Waals surface area contributed by atoms with Gasteiger partial charge in [-0.05, 0) is 51.8 Å². The molecule has 0 spiro atoms. The fourth-order valence-corrected chi connectivity index (χ4v) is 4.88. The van der Waals surface area contributed by atoms with E-state index in [0.717, 1.165) is 60.6 Å². The number of nitrogens with one attached hydrogen (secondary N) is 1. The molecule has 1 aliphatic heterocycles. The summed E-state index contributed by atoms with van der Waals surface area (Å²) in [6.07, 6.45) is 6.14. The Bertz CT molecular complexity index is 1060. The van der Waals surface area contributed by atoms with Crippen LogP contribution < -0.4 is 5.32 Å². The van der Waals surface area contributed by atoms with E-state index < -0.39 is 0 Å². The lowest BCUT2D eigenvalue weighted by atomic mass is 10.1. The number of carbonyl (C=O) groups excluding carboxylic acids is 1. The van der Waals surface area contributed by atoms with Gasteiger partial charge in [-0.25, -0.2) is 9.97 Å². The van der Waals surface area contributed by atoms with Crippen LogP contribution in [0.15, 0.2) is 11.4 Å². The summed E-state index contributed by atoms with van der Waals surface area (Å²) in [7, 11) is 1.88. The third-order valence-corrected chi connectivity index (χ3v) is 6.64. The molecule has 1 N–H and O–H groups in total. The van der Waals surface area contributed by atoms with Crippen molar-refractivity contribution in [2.75, 3.05) is 18.4 Å². The van der Waals surface area contributed by atoms with Crippen LogP contribution in [0.25, 0.3) is 11.0 Å². The fraction of sp³-hybridized carbons (Fsp3) is 0.524. The van der Waals surface area contributed by atoms with Crippen molar-refractivity contribution in [3.8, 4) is 0 Å². The van der Waals surface area contributed by atoms with E-state index in [2.05, 4.69) is 25.7 Å². The van der Waals surface area contributed by atoms with Gasteiger partial charge in [0.05, 0.1) is 22.3 Å². The highest BCUT2D eigenvalue weighted by atomic mass is 32.1. The van der Waals surface area contributed by atoms with E-state index in [9.17, 15) is 4.79 Å². The zero-order valence-corrected chi connectivity index (χ0v) is 17.8. The molecule has 0 atom stereocenters. The van der Waals surface area contributed by atoms with Gasteiger partial charge in [-0.2, -0.15) is 5.10 Å². The molecule has 29 heavy (non-hydrogen) atoms. The minimum Gasteiger partial charge on any atom is -0.298 e. The highest BCUT2D eigenvalue weighted by molar-refractivity contribution is 7.14. The molecule has 152 valence electrons. The Morgan fingerprint density at radius 3 is 2.79 bits per heavy atom. The van der Waals surface area contributed by atoms with Gasteiger partial charge in [-0.1, -0.05) is 6.42 Å². The van der Waals surface area contributed by atoms with Gasteiger partial charge in [0.25, 0.3) is 5.91 Å². The lowest BCUT2D eigenvalue weighted by Crippen LogP contribution is -2.29. The van der Waals surface area contributed by atoms with Crippen LogP contribution in [0.4, 0.5) is 5.13 Å². The molecule has 1 saturated heterocycles. The third kappa shape index (κ3) is 3.79. The number of pyridine rings is 1. The van der Waals surface area contributed by atoms with Gasteiger partial charge in [0, 0.05) is 30.6 Å². The number of piperidine rings is 1. The Balaban J connectivity index is 1.39. The van der Waals surface area contributed by atoms with E-state index in [1.165, 1.54) is 30.6 Å². The van der Waals surface area contributed by atoms with Crippen molar-refractivity contribution in [3.05, 3.63) is 34.1 Å². The summed E-state index contributed by atoms with van der Waals surface area (Å²) in [5.74, 6) is 0.339. The van der Waals surface area contributed by atoms with Crippen LogP contribution in [0.1, 0.15) is 65.5 Å². The first-order valence-corrected chi connectivity index (χ1v) is 11.3. The van der Waals surface area contributed by atoms with Crippen molar-refractivity contribution < 1.29 is 4.79 Å². The molecule has 8 heteroatoms. The third-order valence-electron chi connectivity index (χ3n) is 5.84. The quantitative estimate of drug-likeness (QED) is 0.691. The highest BCUT2D eigenvalue weighted by Crippen LogP contribution is 2.40. The number of carbonyl (C=O) groups is 1. The maximum absolute atomic E-state index is 13.2. The van der Waals surface area contributed by atoms with Crippen molar-refractivity contribution in [2.24, 2.45) is 7.05 Å². The molecule has 3 aromatic rings. The number of anilines is 1. The molecule has 1 amide bonds. The van der Waals surface area contributed by atoms with Gasteiger partial charge >= 0.3 is 0 Å². The minimum absolute atomic E-state index is 0.130. The summed E-state index contributed by atoms with van der Waals surface area (Å²) in [5, 5.41) is 11.0. The SMILES string of the molecule is Cc1nn(C)c2nc(C3CC3)cc(C(=O)Nc3nc(CN4CCCCC4)cs3)c12. The zero-order chi connectivity index (χ0) is 20.0. The molecule has 0 bridgehead atoms. The number of amides is 1. The first-order valence-electron chi connectivity index (χ1n) is 10.4. The molecule has 2 fully saturated rings. The van der Waals surface area contributed by atoms with Crippen LogP contribution >= 0.6 is 11.3 Å². The maximum atomic E-state index is 13.2. The Labute approximate surface area is 174 Å². The van der Waals surface area contributed by atoms with Crippen LogP contribution in [0.3, 0.4) is 0 Å². The van der Waals surface area contributed by atoms with E-state index in [-0.39, 0.29) is 5.91 Å². The Morgan fingerprint density at radius 1 is 1.24 bits per heavy atom. The van der Waals surface area contributed by atoms with E-state index in [1.54, 1.807) is 4.68 Å². The van der Waals surface area contributed by atoms with E-state index in [4.69, 9.17) is 4.98 Å². The van der Waals surface area contributed by atoms with Gasteiger partial charge in [-0.15, -0.1) is 11.3 Å². The second-order valence-electron chi connectivity index (χ2n) is 8.21. The molecule has 5 rings (SSSR count). The lowest BCUT2D eigenvalue weighted by Gasteiger charge is -2.25. The van der Waals surface area contributed by atoms with Crippen molar-refractivity contribution in [3.63, 3.8) is 0 Å². The topological polar surface area (TPSA) is 75.9 Å². The number of fused-ring (bicyclic) bond motifs is 1. The predicted molar refractivity (Wildman–Crippen MR) is 114 cm³/mol. The minimum atomic E-state index is -0.130. The van der Waals surface area contributed by atoms with E-state index >= 15 is 0 Å². The molecule has 0 unspecified atom stereocenters. The second-order valence-corrected chi connectivity index (χ2v) is 9.07. The first-order chi connectivity index (χ1) is 14.1. The molecule has 0 radical (unpaired) electrons. The predicted octanol–water partition coefficient (Wildman–Crippen LogP) is 3.85. The summed E-state index contributed by atoms with van der Waals surface area (Å²) in [5.41, 5.74) is 4.28. The van der Waals surface area contributed by atoms with Crippen molar-refractivity contribution in [1.29, 1.82) is 0 Å². The van der Waals surface area contributed by atoms with Gasteiger partial charge in [-0.3, -0.25) is 19.7 Å². The van der Waals surface area contributed by atoms with Crippen LogP contribution in [0, 0.1) is 6.92 Å². The Hall–Kier alpha value is -2.32. The molecular formula is C21H26N6OS. The van der Waals surface area contributed by atoms with Crippen LogP contribution in [-0.4, -0.2) is 43.6 Å². The smallest absolute Gasteiger partial charge is 0.258 e. The van der Waals surface area contributed by atoms with Crippen LogP contribution in [0.2, 0.25) is 0 Å². The number of thiazole rings is 1. The van der Waals surface area contributed by atoms with Crippen molar-refractivity contribution >= 4 is 33.4 Å². The summed E-state index contributed by atoms with van der Waals surface area (Å²) in [6.45, 7) is 5.06. The number of hydrogen-bond acceptors (Lipinski definition) is 6. The Morgan fingerprint density at radius 2 is 2.03 bits per heavy atom. The summed E-state index contributed by atoms with van der Waals surface area (Å²) >= 11 is 1.49. The summed E-state index contributed by atoms with van der Waals surface area (Å²) in [4.78, 5) is 25.0. The number of rotatable bonds is 5. The number of aromatic nitrogens is 4. The van der Waals surface area contributed by atoms with Gasteiger partial charge in [0.15, 0.2) is 10.8 Å². The summed E-state index contributed by atoms with van der Waals surface area (Å²) in [6, 6.07) is 1.95. The average molecular weight is 411 g/mol. The number of likely N-dealkylation sites (tertiary alicyclic amines) is 1. The molecule has 2 aliphatic rings. The molecule has 7 nitrogen and oxygen atoms in total. The second kappa shape index (κ2) is 7.50. The number of nitrogens with zero attached hydrogens (tertiary/aromatic N) is 5. The van der Waals surface area contributed by atoms with E-state index in [0.29, 0.717) is 16.6 Å². The number of hydrogen-bond donors (Lipinski definition) is 1. The molecule has 0 aromatic carbocycles. The van der Waals surface area contributed by atoms with E-state index in [1.807, 2.05) is 20.0 Å². The Kier molecular flexibility index (Phi) is 4.83. The average Bonchev–Trinajstić information content (AvgIpc) is 3.42. The maximum Gasteiger partial charge on any atom is 0.258 e. The normalized spacial score (nSPS) is 17.7. The van der Waals surface area contributed by atoms with Crippen molar-refractivity contribution in [1.82, 2.24) is 24.6 Å². The zero-order valence-electron chi connectivity index (χ0n) is 16.9. The molecule has 1 aliphatic carbocycles. The van der Waals surface area contributed by atoms with Crippen LogP contribution in [0.5, 0.6) is 0 Å². The molecule has 3 aromatic heterocycles. The lowest BCUT2D eigenvalue weighted by molar-refractivity contribution is 0.102. The fourth-order valence-electron chi connectivity index (χ4n) is 4.18. The van der Waals surface area contributed by atoms with Gasteiger partial charge < -0.3 is 0 Å². The molecular weight excluding hydrogens is 384 g/mol. The van der Waals surface area contributed by atoms with Gasteiger partial charge in [0.1, 0.15) is 0 Å². The summed E-state index contributed by atoms with van der Waals surface area (Å²) < 4.78 is 1.77. The standard InChI is InChI=1S/C21H26N6OS/c1-13-18-16(10-17(14-6-7-14)23-19(18)26(2)25-13)20(28)24-21-22-15(12-29-21)11-27-8-4-3-5-9-27/h10,12,14H,3-9,11H2,1-2H3,(H,22,24,28). The van der Waals surface area contributed by atoms with Crippen molar-refractivity contribution in [2.45, 2.75) is 51.5 Å². The number of aryl methyl sites for hydroxylation is 2. The monoisotopic (exact) mass is 410 g/mol. The van der Waals surface area contributed by atoms with Gasteiger partial charge in [0.2, 0.25) is 0 Å². The first kappa shape index (κ1) is 18.7. The highest BCUT2D eigenvalue weighted by Gasteiger charge is 2.28.